The molecule has 1 fully saturated rings. The molecule has 0 spiro atoms. The fourth-order valence-electron chi connectivity index (χ4n) is 2.84. The molecule has 0 bridgehead atoms. The molecule has 1 heterocycles. The lowest BCUT2D eigenvalue weighted by Gasteiger charge is -2.37. The molecule has 1 aromatic rings. The maximum Gasteiger partial charge on any atom is 0.244 e. The van der Waals surface area contributed by atoms with Crippen molar-refractivity contribution in [3.63, 3.8) is 0 Å². The molecule has 1 amide bonds. The second-order valence-corrected chi connectivity index (χ2v) is 6.25. The molecule has 1 aliphatic carbocycles. The van der Waals surface area contributed by atoms with Crippen molar-refractivity contribution < 1.29 is 4.79 Å². The first-order valence-corrected chi connectivity index (χ1v) is 7.55. The van der Waals surface area contributed by atoms with Crippen molar-refractivity contribution in [2.24, 2.45) is 11.7 Å². The minimum Gasteiger partial charge on any atom is -0.341 e. The molecule has 2 rings (SSSR count). The van der Waals surface area contributed by atoms with E-state index < -0.39 is 6.04 Å². The molecule has 2 N–H and O–H groups in total. The molecular weight excluding hydrogens is 244 g/mol. The van der Waals surface area contributed by atoms with E-state index in [0.717, 1.165) is 11.3 Å². The fraction of sp³-hybridized carbons (Fsp3) is 0.643. The largest absolute Gasteiger partial charge is 0.341 e. The SMILES string of the molecule is CC1CCCCC1N(C)C(=O)C(N)c1cccs1. The van der Waals surface area contributed by atoms with Crippen LogP contribution in [-0.4, -0.2) is 23.9 Å². The summed E-state index contributed by atoms with van der Waals surface area (Å²) in [5.74, 6) is 0.638. The molecule has 1 saturated carbocycles. The summed E-state index contributed by atoms with van der Waals surface area (Å²) in [6.07, 6.45) is 4.84. The smallest absolute Gasteiger partial charge is 0.244 e. The number of hydrogen-bond acceptors (Lipinski definition) is 3. The molecule has 0 radical (unpaired) electrons. The van der Waals surface area contributed by atoms with Crippen molar-refractivity contribution >= 4 is 17.2 Å². The van der Waals surface area contributed by atoms with Gasteiger partial charge in [-0.25, -0.2) is 0 Å². The van der Waals surface area contributed by atoms with Crippen LogP contribution in [0.4, 0.5) is 0 Å². The normalized spacial score (nSPS) is 25.7. The summed E-state index contributed by atoms with van der Waals surface area (Å²) >= 11 is 1.55. The van der Waals surface area contributed by atoms with Gasteiger partial charge in [0.15, 0.2) is 0 Å². The predicted octanol–water partition coefficient (Wildman–Crippen LogP) is 2.79. The number of nitrogens with two attached hydrogens (primary N) is 1. The molecule has 3 atom stereocenters. The van der Waals surface area contributed by atoms with Gasteiger partial charge in [0, 0.05) is 18.0 Å². The van der Waals surface area contributed by atoms with E-state index in [9.17, 15) is 4.79 Å². The lowest BCUT2D eigenvalue weighted by atomic mass is 9.85. The first-order valence-electron chi connectivity index (χ1n) is 6.67. The number of hydrogen-bond donors (Lipinski definition) is 1. The van der Waals surface area contributed by atoms with E-state index >= 15 is 0 Å². The summed E-state index contributed by atoms with van der Waals surface area (Å²) in [7, 11) is 1.91. The molecule has 0 aliphatic heterocycles. The van der Waals surface area contributed by atoms with Gasteiger partial charge in [-0.15, -0.1) is 11.3 Å². The summed E-state index contributed by atoms with van der Waals surface area (Å²) in [5.41, 5.74) is 6.06. The van der Waals surface area contributed by atoms with Crippen LogP contribution in [0.25, 0.3) is 0 Å². The molecule has 3 unspecified atom stereocenters. The zero-order chi connectivity index (χ0) is 13.1. The third-order valence-corrected chi connectivity index (χ3v) is 4.98. The molecule has 1 aromatic heterocycles. The molecule has 18 heavy (non-hydrogen) atoms. The molecule has 0 saturated heterocycles. The summed E-state index contributed by atoms with van der Waals surface area (Å²) in [4.78, 5) is 15.2. The number of likely N-dealkylation sites (N-methyl/N-ethyl adjacent to an activating group) is 1. The van der Waals surface area contributed by atoms with Gasteiger partial charge in [0.05, 0.1) is 0 Å². The van der Waals surface area contributed by atoms with Gasteiger partial charge in [0.25, 0.3) is 0 Å². The van der Waals surface area contributed by atoms with Gasteiger partial charge >= 0.3 is 0 Å². The highest BCUT2D eigenvalue weighted by molar-refractivity contribution is 7.10. The lowest BCUT2D eigenvalue weighted by molar-refractivity contribution is -0.135. The van der Waals surface area contributed by atoms with E-state index in [1.165, 1.54) is 19.3 Å². The fourth-order valence-corrected chi connectivity index (χ4v) is 3.56. The van der Waals surface area contributed by atoms with Crippen LogP contribution >= 0.6 is 11.3 Å². The minimum absolute atomic E-state index is 0.0520. The van der Waals surface area contributed by atoms with Gasteiger partial charge in [0.1, 0.15) is 6.04 Å². The van der Waals surface area contributed by atoms with E-state index in [4.69, 9.17) is 5.73 Å². The highest BCUT2D eigenvalue weighted by atomic mass is 32.1. The number of carbonyl (C=O) groups is 1. The highest BCUT2D eigenvalue weighted by Crippen LogP contribution is 2.29. The second-order valence-electron chi connectivity index (χ2n) is 5.27. The van der Waals surface area contributed by atoms with Crippen molar-refractivity contribution in [2.45, 2.75) is 44.7 Å². The van der Waals surface area contributed by atoms with Gasteiger partial charge < -0.3 is 10.6 Å². The number of nitrogens with zero attached hydrogens (tertiary/aromatic N) is 1. The van der Waals surface area contributed by atoms with Crippen LogP contribution in [-0.2, 0) is 4.79 Å². The Balaban J connectivity index is 2.03. The van der Waals surface area contributed by atoms with Gasteiger partial charge in [-0.1, -0.05) is 25.8 Å². The summed E-state index contributed by atoms with van der Waals surface area (Å²) < 4.78 is 0. The van der Waals surface area contributed by atoms with E-state index in [2.05, 4.69) is 6.92 Å². The number of amides is 1. The summed E-state index contributed by atoms with van der Waals surface area (Å²) in [6, 6.07) is 3.74. The average molecular weight is 266 g/mol. The average Bonchev–Trinajstić information content (AvgIpc) is 2.90. The van der Waals surface area contributed by atoms with Crippen LogP contribution in [0.15, 0.2) is 17.5 Å². The first kappa shape index (κ1) is 13.6. The van der Waals surface area contributed by atoms with Crippen molar-refractivity contribution in [1.29, 1.82) is 0 Å². The second kappa shape index (κ2) is 5.85. The molecule has 4 heteroatoms. The Kier molecular flexibility index (Phi) is 4.40. The Bertz CT molecular complexity index is 391. The first-order chi connectivity index (χ1) is 8.61. The van der Waals surface area contributed by atoms with Gasteiger partial charge in [-0.3, -0.25) is 4.79 Å². The molecule has 0 aromatic carbocycles. The number of carbonyl (C=O) groups excluding carboxylic acids is 1. The zero-order valence-electron chi connectivity index (χ0n) is 11.1. The third kappa shape index (κ3) is 2.75. The Morgan fingerprint density at radius 1 is 1.50 bits per heavy atom. The standard InChI is InChI=1S/C14H22N2OS/c1-10-6-3-4-7-11(10)16(2)14(17)13(15)12-8-5-9-18-12/h5,8-11,13H,3-4,6-7,15H2,1-2H3. The Labute approximate surface area is 113 Å². The Hall–Kier alpha value is -0.870. The van der Waals surface area contributed by atoms with Crippen LogP contribution in [0.1, 0.15) is 43.5 Å². The van der Waals surface area contributed by atoms with Crippen molar-refractivity contribution in [3.8, 4) is 0 Å². The Morgan fingerprint density at radius 3 is 2.83 bits per heavy atom. The number of thiophene rings is 1. The molecule has 3 nitrogen and oxygen atoms in total. The van der Waals surface area contributed by atoms with Gasteiger partial charge in [-0.05, 0) is 30.2 Å². The summed E-state index contributed by atoms with van der Waals surface area (Å²) in [6.45, 7) is 2.24. The minimum atomic E-state index is -0.496. The van der Waals surface area contributed by atoms with Crippen molar-refractivity contribution in [2.75, 3.05) is 7.05 Å². The lowest BCUT2D eigenvalue weighted by Crippen LogP contribution is -2.46. The zero-order valence-corrected chi connectivity index (χ0v) is 12.0. The van der Waals surface area contributed by atoms with Crippen LogP contribution in [0.3, 0.4) is 0 Å². The van der Waals surface area contributed by atoms with Crippen LogP contribution < -0.4 is 5.73 Å². The van der Waals surface area contributed by atoms with E-state index in [-0.39, 0.29) is 5.91 Å². The predicted molar refractivity (Wildman–Crippen MR) is 75.4 cm³/mol. The third-order valence-electron chi connectivity index (χ3n) is 4.03. The monoisotopic (exact) mass is 266 g/mol. The Morgan fingerprint density at radius 2 is 2.22 bits per heavy atom. The maximum absolute atomic E-state index is 12.4. The maximum atomic E-state index is 12.4. The molecule has 100 valence electrons. The van der Waals surface area contributed by atoms with Crippen molar-refractivity contribution in [3.05, 3.63) is 22.4 Å². The van der Waals surface area contributed by atoms with Gasteiger partial charge in [-0.2, -0.15) is 0 Å². The van der Waals surface area contributed by atoms with E-state index in [1.54, 1.807) is 11.3 Å². The summed E-state index contributed by atoms with van der Waals surface area (Å²) in [5, 5.41) is 1.96. The topological polar surface area (TPSA) is 46.3 Å². The quantitative estimate of drug-likeness (QED) is 0.914. The highest BCUT2D eigenvalue weighted by Gasteiger charge is 2.30. The van der Waals surface area contributed by atoms with Gasteiger partial charge in [0.2, 0.25) is 5.91 Å². The van der Waals surface area contributed by atoms with Crippen molar-refractivity contribution in [1.82, 2.24) is 4.90 Å². The van der Waals surface area contributed by atoms with Crippen LogP contribution in [0, 0.1) is 5.92 Å². The number of rotatable bonds is 3. The van der Waals surface area contributed by atoms with E-state index in [1.807, 2.05) is 29.5 Å². The molecular formula is C14H22N2OS. The molecule has 1 aliphatic rings. The van der Waals surface area contributed by atoms with Crippen LogP contribution in [0.5, 0.6) is 0 Å². The van der Waals surface area contributed by atoms with Crippen LogP contribution in [0.2, 0.25) is 0 Å². The van der Waals surface area contributed by atoms with E-state index in [0.29, 0.717) is 12.0 Å².